The summed E-state index contributed by atoms with van der Waals surface area (Å²) in [7, 11) is 0. The second-order valence-corrected chi connectivity index (χ2v) is 6.88. The van der Waals surface area contributed by atoms with Crippen LogP contribution in [0.25, 0.3) is 16.9 Å². The smallest absolute Gasteiger partial charge is 0.335 e. The molecule has 1 saturated heterocycles. The number of ether oxygens (including phenoxy) is 2. The van der Waals surface area contributed by atoms with Crippen LogP contribution in [-0.4, -0.2) is 40.0 Å². The van der Waals surface area contributed by atoms with Crippen LogP contribution in [0.1, 0.15) is 5.69 Å². The highest BCUT2D eigenvalue weighted by Gasteiger charge is 2.22. The molecule has 6 nitrogen and oxygen atoms in total. The summed E-state index contributed by atoms with van der Waals surface area (Å²) in [6.45, 7) is 4.00. The molecule has 1 aliphatic rings. The van der Waals surface area contributed by atoms with Gasteiger partial charge in [-0.15, -0.1) is 0 Å². The van der Waals surface area contributed by atoms with Crippen molar-refractivity contribution in [2.24, 2.45) is 0 Å². The molecule has 0 spiro atoms. The van der Waals surface area contributed by atoms with E-state index in [1.165, 1.54) is 0 Å². The van der Waals surface area contributed by atoms with Crippen LogP contribution >= 0.6 is 15.9 Å². The van der Waals surface area contributed by atoms with Crippen molar-refractivity contribution in [3.05, 3.63) is 57.0 Å². The van der Waals surface area contributed by atoms with Gasteiger partial charge in [-0.3, -0.25) is 4.57 Å². The van der Waals surface area contributed by atoms with E-state index in [-0.39, 0.29) is 11.8 Å². The SMILES string of the molecule is Cc1nc2c(cc1Br)n(C[C@H]1COCCO1)c(=O)n2-c1ccccc1. The molecule has 130 valence electrons. The van der Waals surface area contributed by atoms with Crippen LogP contribution in [0.2, 0.25) is 0 Å². The lowest BCUT2D eigenvalue weighted by Gasteiger charge is -2.23. The molecule has 7 heteroatoms. The predicted molar refractivity (Wildman–Crippen MR) is 98.3 cm³/mol. The first-order valence-corrected chi connectivity index (χ1v) is 8.97. The number of aromatic nitrogens is 3. The van der Waals surface area contributed by atoms with Crippen LogP contribution in [0.15, 0.2) is 45.7 Å². The Balaban J connectivity index is 1.91. The average Bonchev–Trinajstić information content (AvgIpc) is 2.89. The van der Waals surface area contributed by atoms with Crippen LogP contribution < -0.4 is 5.69 Å². The third kappa shape index (κ3) is 3.03. The van der Waals surface area contributed by atoms with E-state index in [2.05, 4.69) is 20.9 Å². The maximum Gasteiger partial charge on any atom is 0.335 e. The van der Waals surface area contributed by atoms with Crippen molar-refractivity contribution in [2.75, 3.05) is 19.8 Å². The molecule has 1 aliphatic heterocycles. The van der Waals surface area contributed by atoms with Crippen LogP contribution in [0.4, 0.5) is 0 Å². The van der Waals surface area contributed by atoms with E-state index in [1.54, 1.807) is 9.13 Å². The van der Waals surface area contributed by atoms with Gasteiger partial charge in [-0.2, -0.15) is 0 Å². The number of hydrogen-bond donors (Lipinski definition) is 0. The van der Waals surface area contributed by atoms with Crippen molar-refractivity contribution in [1.82, 2.24) is 14.1 Å². The Bertz CT molecular complexity index is 959. The summed E-state index contributed by atoms with van der Waals surface area (Å²) in [6, 6.07) is 11.5. The van der Waals surface area contributed by atoms with Gasteiger partial charge in [0, 0.05) is 4.47 Å². The minimum atomic E-state index is -0.138. The normalized spacial score (nSPS) is 17.9. The topological polar surface area (TPSA) is 58.3 Å². The van der Waals surface area contributed by atoms with Gasteiger partial charge in [-0.25, -0.2) is 14.3 Å². The molecule has 0 radical (unpaired) electrons. The molecule has 0 aliphatic carbocycles. The molecule has 0 N–H and O–H groups in total. The van der Waals surface area contributed by atoms with Gasteiger partial charge in [-0.1, -0.05) is 18.2 Å². The van der Waals surface area contributed by atoms with E-state index in [0.717, 1.165) is 21.4 Å². The zero-order valence-electron chi connectivity index (χ0n) is 13.8. The van der Waals surface area contributed by atoms with Crippen LogP contribution in [0.5, 0.6) is 0 Å². The largest absolute Gasteiger partial charge is 0.376 e. The maximum atomic E-state index is 13.2. The molecular weight excluding hydrogens is 386 g/mol. The van der Waals surface area contributed by atoms with E-state index in [0.29, 0.717) is 32.0 Å². The standard InChI is InChI=1S/C18H18BrN3O3/c1-12-15(19)9-16-17(20-12)22(13-5-3-2-4-6-13)18(23)21(16)10-14-11-24-7-8-25-14/h2-6,9,14H,7-8,10-11H2,1H3/t14-/m0/s1. The fraction of sp³-hybridized carbons (Fsp3) is 0.333. The molecule has 4 rings (SSSR count). The molecule has 1 atom stereocenters. The first kappa shape index (κ1) is 16.5. The molecule has 3 heterocycles. The van der Waals surface area contributed by atoms with Crippen LogP contribution in [0.3, 0.4) is 0 Å². The minimum Gasteiger partial charge on any atom is -0.376 e. The summed E-state index contributed by atoms with van der Waals surface area (Å²) in [5.74, 6) is 0. The second kappa shape index (κ2) is 6.74. The number of fused-ring (bicyclic) bond motifs is 1. The van der Waals surface area contributed by atoms with Gasteiger partial charge in [0.15, 0.2) is 5.65 Å². The van der Waals surface area contributed by atoms with E-state index in [1.807, 2.05) is 43.3 Å². The lowest BCUT2D eigenvalue weighted by molar-refractivity contribution is -0.0935. The average molecular weight is 404 g/mol. The lowest BCUT2D eigenvalue weighted by Crippen LogP contribution is -2.35. The van der Waals surface area contributed by atoms with Crippen molar-refractivity contribution in [1.29, 1.82) is 0 Å². The van der Waals surface area contributed by atoms with Crippen molar-refractivity contribution in [2.45, 2.75) is 19.6 Å². The zero-order valence-corrected chi connectivity index (χ0v) is 15.4. The van der Waals surface area contributed by atoms with Gasteiger partial charge in [0.1, 0.15) is 0 Å². The number of para-hydroxylation sites is 1. The Morgan fingerprint density at radius 1 is 1.28 bits per heavy atom. The van der Waals surface area contributed by atoms with Gasteiger partial charge < -0.3 is 9.47 Å². The summed E-state index contributed by atoms with van der Waals surface area (Å²) < 4.78 is 15.4. The number of halogens is 1. The molecule has 2 aromatic heterocycles. The van der Waals surface area contributed by atoms with Crippen molar-refractivity contribution in [3.8, 4) is 5.69 Å². The first-order valence-electron chi connectivity index (χ1n) is 8.18. The molecule has 0 saturated carbocycles. The number of pyridine rings is 1. The molecule has 0 unspecified atom stereocenters. The number of nitrogens with zero attached hydrogens (tertiary/aromatic N) is 3. The molecule has 1 fully saturated rings. The quantitative estimate of drug-likeness (QED) is 0.674. The minimum absolute atomic E-state index is 0.125. The Hall–Kier alpha value is -1.96. The summed E-state index contributed by atoms with van der Waals surface area (Å²) in [6.07, 6.45) is -0.138. The highest BCUT2D eigenvalue weighted by Crippen LogP contribution is 2.23. The van der Waals surface area contributed by atoms with Crippen LogP contribution in [-0.2, 0) is 16.0 Å². The van der Waals surface area contributed by atoms with Crippen molar-refractivity contribution in [3.63, 3.8) is 0 Å². The molecule has 25 heavy (non-hydrogen) atoms. The molecule has 0 bridgehead atoms. The predicted octanol–water partition coefficient (Wildman–Crippen LogP) is 2.67. The van der Waals surface area contributed by atoms with Gasteiger partial charge in [0.05, 0.1) is 49.4 Å². The number of benzene rings is 1. The summed E-state index contributed by atoms with van der Waals surface area (Å²) in [5.41, 5.74) is 2.94. The van der Waals surface area contributed by atoms with Crippen LogP contribution in [0, 0.1) is 6.92 Å². The second-order valence-electron chi connectivity index (χ2n) is 6.03. The van der Waals surface area contributed by atoms with E-state index >= 15 is 0 Å². The highest BCUT2D eigenvalue weighted by molar-refractivity contribution is 9.10. The zero-order chi connectivity index (χ0) is 17.4. The maximum absolute atomic E-state index is 13.2. The first-order chi connectivity index (χ1) is 12.1. The Labute approximate surface area is 153 Å². The fourth-order valence-corrected chi connectivity index (χ4v) is 3.37. The van der Waals surface area contributed by atoms with E-state index in [4.69, 9.17) is 9.47 Å². The summed E-state index contributed by atoms with van der Waals surface area (Å²) in [5, 5.41) is 0. The van der Waals surface area contributed by atoms with E-state index in [9.17, 15) is 4.79 Å². The third-order valence-electron chi connectivity index (χ3n) is 4.32. The third-order valence-corrected chi connectivity index (χ3v) is 5.12. The van der Waals surface area contributed by atoms with Gasteiger partial charge in [0.25, 0.3) is 0 Å². The summed E-state index contributed by atoms with van der Waals surface area (Å²) >= 11 is 3.52. The van der Waals surface area contributed by atoms with Gasteiger partial charge >= 0.3 is 5.69 Å². The summed E-state index contributed by atoms with van der Waals surface area (Å²) in [4.78, 5) is 17.8. The van der Waals surface area contributed by atoms with E-state index < -0.39 is 0 Å². The number of imidazole rings is 1. The number of hydrogen-bond acceptors (Lipinski definition) is 4. The fourth-order valence-electron chi connectivity index (χ4n) is 3.07. The number of rotatable bonds is 3. The molecule has 3 aromatic rings. The van der Waals surface area contributed by atoms with Gasteiger partial charge in [-0.05, 0) is 41.1 Å². The molecule has 0 amide bonds. The Morgan fingerprint density at radius 2 is 2.08 bits per heavy atom. The Kier molecular flexibility index (Phi) is 4.45. The van der Waals surface area contributed by atoms with Crippen molar-refractivity contribution < 1.29 is 9.47 Å². The Morgan fingerprint density at radius 3 is 2.80 bits per heavy atom. The van der Waals surface area contributed by atoms with Gasteiger partial charge in [0.2, 0.25) is 0 Å². The lowest BCUT2D eigenvalue weighted by atomic mass is 10.3. The van der Waals surface area contributed by atoms with Crippen molar-refractivity contribution >= 4 is 27.1 Å². The number of aryl methyl sites for hydroxylation is 1. The monoisotopic (exact) mass is 403 g/mol. The highest BCUT2D eigenvalue weighted by atomic mass is 79.9. The molecule has 1 aromatic carbocycles. The molecular formula is C18H18BrN3O3.